The fraction of sp³-hybridized carbons (Fsp3) is 0.250. The summed E-state index contributed by atoms with van der Waals surface area (Å²) in [5.41, 5.74) is -3.44. The molecule has 0 saturated heterocycles. The third-order valence-corrected chi connectivity index (χ3v) is 3.04. The van der Waals surface area contributed by atoms with Crippen molar-refractivity contribution in [3.63, 3.8) is 0 Å². The fourth-order valence-electron chi connectivity index (χ4n) is 1.15. The van der Waals surface area contributed by atoms with Crippen molar-refractivity contribution < 1.29 is 40.7 Å². The Kier molecular flexibility index (Phi) is 3.51. The number of hydrogen-bond donors (Lipinski definition) is 3. The van der Waals surface area contributed by atoms with E-state index >= 15 is 0 Å². The van der Waals surface area contributed by atoms with Crippen LogP contribution in [0, 0.1) is 0 Å². The lowest BCUT2D eigenvalue weighted by molar-refractivity contribution is -0.142. The van der Waals surface area contributed by atoms with Crippen LogP contribution in [-0.4, -0.2) is 23.2 Å². The second kappa shape index (κ2) is 4.22. The van der Waals surface area contributed by atoms with Gasteiger partial charge in [-0.1, -0.05) is 0 Å². The zero-order valence-electron chi connectivity index (χ0n) is 8.34. The Labute approximate surface area is 97.3 Å². The van der Waals surface area contributed by atoms with E-state index in [2.05, 4.69) is 0 Å². The molecule has 0 amide bonds. The summed E-state index contributed by atoms with van der Waals surface area (Å²) in [4.78, 5) is 26.4. The summed E-state index contributed by atoms with van der Waals surface area (Å²) >= 11 is 0. The third kappa shape index (κ3) is 3.45. The second-order valence-electron chi connectivity index (χ2n) is 3.43. The molecule has 0 aromatic heterocycles. The molecule has 0 radical (unpaired) electrons. The van der Waals surface area contributed by atoms with E-state index in [1.54, 1.807) is 0 Å². The minimum absolute atomic E-state index is 0.0709. The molecule has 0 aliphatic rings. The monoisotopic (exact) mass is 292 g/mol. The van der Waals surface area contributed by atoms with Crippen molar-refractivity contribution in [2.24, 2.45) is 0 Å². The van der Waals surface area contributed by atoms with E-state index in [9.17, 15) is 26.3 Å². The molecule has 1 aromatic rings. The maximum atomic E-state index is 12.3. The van der Waals surface area contributed by atoms with Gasteiger partial charge in [-0.05, 0) is 18.2 Å². The molecule has 18 heavy (non-hydrogen) atoms. The van der Waals surface area contributed by atoms with Crippen molar-refractivity contribution in [1.29, 1.82) is 0 Å². The van der Waals surface area contributed by atoms with Gasteiger partial charge in [-0.3, -0.25) is 0 Å². The Morgan fingerprint density at radius 2 is 1.06 bits per heavy atom. The Morgan fingerprint density at radius 1 is 0.722 bits per heavy atom. The molecule has 3 nitrogen and oxygen atoms in total. The summed E-state index contributed by atoms with van der Waals surface area (Å²) in [6.07, 6.45) is -10.2. The Bertz CT molecular complexity index is 369. The zero-order valence-corrected chi connectivity index (χ0v) is 9.34. The van der Waals surface area contributed by atoms with Crippen molar-refractivity contribution in [3.05, 3.63) is 29.3 Å². The standard InChI is InChI=1S/C8H6F6O3Si/c9-7(10,11)4-1-5(8(12,13)14)3-6(2-4)18(15,16)17/h1-3,15-17H. The highest BCUT2D eigenvalue weighted by molar-refractivity contribution is 6.71. The highest BCUT2D eigenvalue weighted by Gasteiger charge is 2.41. The van der Waals surface area contributed by atoms with E-state index in [1.165, 1.54) is 0 Å². The topological polar surface area (TPSA) is 60.7 Å². The number of hydrogen-bond acceptors (Lipinski definition) is 3. The summed E-state index contributed by atoms with van der Waals surface area (Å²) in [5, 5.41) is -1.19. The van der Waals surface area contributed by atoms with Crippen molar-refractivity contribution in [2.45, 2.75) is 12.4 Å². The molecule has 0 saturated carbocycles. The number of alkyl halides is 6. The Morgan fingerprint density at radius 3 is 1.28 bits per heavy atom. The van der Waals surface area contributed by atoms with Crippen LogP contribution in [0.25, 0.3) is 0 Å². The molecule has 3 N–H and O–H groups in total. The molecule has 0 spiro atoms. The molecule has 0 heterocycles. The van der Waals surface area contributed by atoms with E-state index in [-0.39, 0.29) is 18.2 Å². The minimum Gasteiger partial charge on any atom is -0.386 e. The summed E-state index contributed by atoms with van der Waals surface area (Å²) in [6, 6.07) is -0.0352. The van der Waals surface area contributed by atoms with E-state index in [4.69, 9.17) is 14.4 Å². The molecule has 0 aliphatic heterocycles. The Hall–Kier alpha value is -1.10. The molecular weight excluding hydrogens is 286 g/mol. The van der Waals surface area contributed by atoms with Gasteiger partial charge in [0, 0.05) is 5.19 Å². The second-order valence-corrected chi connectivity index (χ2v) is 5.28. The first-order valence-corrected chi connectivity index (χ1v) is 6.13. The smallest absolute Gasteiger partial charge is 0.386 e. The van der Waals surface area contributed by atoms with Crippen LogP contribution in [0.1, 0.15) is 11.1 Å². The van der Waals surface area contributed by atoms with Crippen molar-refractivity contribution in [1.82, 2.24) is 0 Å². The summed E-state index contributed by atoms with van der Waals surface area (Å²) in [6.45, 7) is 0. The van der Waals surface area contributed by atoms with E-state index in [0.717, 1.165) is 0 Å². The van der Waals surface area contributed by atoms with Gasteiger partial charge in [-0.15, -0.1) is 0 Å². The summed E-state index contributed by atoms with van der Waals surface area (Å²) in [7, 11) is -5.25. The van der Waals surface area contributed by atoms with E-state index in [0.29, 0.717) is 0 Å². The first kappa shape index (κ1) is 15.0. The average molecular weight is 292 g/mol. The highest BCUT2D eigenvalue weighted by Crippen LogP contribution is 2.34. The molecular formula is C8H6F6O3Si. The van der Waals surface area contributed by atoms with E-state index in [1.807, 2.05) is 0 Å². The van der Waals surface area contributed by atoms with Gasteiger partial charge in [0.05, 0.1) is 11.1 Å². The van der Waals surface area contributed by atoms with Crippen LogP contribution in [0.5, 0.6) is 0 Å². The number of rotatable bonds is 1. The normalized spacial score (nSPS) is 13.8. The van der Waals surface area contributed by atoms with Crippen molar-refractivity contribution in [2.75, 3.05) is 0 Å². The fourth-order valence-corrected chi connectivity index (χ4v) is 1.85. The molecule has 0 bridgehead atoms. The maximum Gasteiger partial charge on any atom is 0.529 e. The van der Waals surface area contributed by atoms with Crippen LogP contribution in [-0.2, 0) is 12.4 Å². The maximum absolute atomic E-state index is 12.3. The first-order valence-electron chi connectivity index (χ1n) is 4.29. The van der Waals surface area contributed by atoms with Gasteiger partial charge < -0.3 is 14.4 Å². The van der Waals surface area contributed by atoms with Crippen LogP contribution in [0.3, 0.4) is 0 Å². The summed E-state index contributed by atoms with van der Waals surface area (Å²) in [5.74, 6) is 0. The van der Waals surface area contributed by atoms with Gasteiger partial charge in [-0.25, -0.2) is 0 Å². The number of halogens is 6. The minimum atomic E-state index is -5.25. The Balaban J connectivity index is 3.49. The lowest BCUT2D eigenvalue weighted by Crippen LogP contribution is -2.49. The van der Waals surface area contributed by atoms with Gasteiger partial charge >= 0.3 is 21.2 Å². The van der Waals surface area contributed by atoms with Crippen LogP contribution >= 0.6 is 0 Å². The third-order valence-electron chi connectivity index (χ3n) is 1.97. The molecule has 0 atom stereocenters. The largest absolute Gasteiger partial charge is 0.529 e. The van der Waals surface area contributed by atoms with Crippen LogP contribution in [0.2, 0.25) is 0 Å². The lowest BCUT2D eigenvalue weighted by Gasteiger charge is -2.16. The predicted octanol–water partition coefficient (Wildman–Crippen LogP) is 0.847. The summed E-state index contributed by atoms with van der Waals surface area (Å²) < 4.78 is 74.0. The average Bonchev–Trinajstić information content (AvgIpc) is 2.13. The lowest BCUT2D eigenvalue weighted by atomic mass is 10.1. The quantitative estimate of drug-likeness (QED) is 0.531. The van der Waals surface area contributed by atoms with Crippen LogP contribution in [0.4, 0.5) is 26.3 Å². The first-order chi connectivity index (χ1) is 7.82. The van der Waals surface area contributed by atoms with Gasteiger partial charge in [0.2, 0.25) is 0 Å². The van der Waals surface area contributed by atoms with Crippen LogP contribution < -0.4 is 5.19 Å². The van der Waals surface area contributed by atoms with Gasteiger partial charge in [0.1, 0.15) is 0 Å². The zero-order chi connectivity index (χ0) is 14.4. The predicted molar refractivity (Wildman–Crippen MR) is 48.5 cm³/mol. The van der Waals surface area contributed by atoms with Gasteiger partial charge in [-0.2, -0.15) is 26.3 Å². The SMILES string of the molecule is O[Si](O)(O)c1cc(C(F)(F)F)cc(C(F)(F)F)c1. The number of benzene rings is 1. The van der Waals surface area contributed by atoms with Gasteiger partial charge in [0.25, 0.3) is 0 Å². The molecule has 0 fully saturated rings. The molecule has 10 heteroatoms. The molecule has 102 valence electrons. The highest BCUT2D eigenvalue weighted by atomic mass is 28.4. The van der Waals surface area contributed by atoms with E-state index < -0.39 is 37.5 Å². The molecule has 1 aromatic carbocycles. The van der Waals surface area contributed by atoms with Crippen molar-refractivity contribution in [3.8, 4) is 0 Å². The van der Waals surface area contributed by atoms with Crippen molar-refractivity contribution >= 4 is 14.0 Å². The van der Waals surface area contributed by atoms with Crippen LogP contribution in [0.15, 0.2) is 18.2 Å². The molecule has 0 aliphatic carbocycles. The molecule has 1 rings (SSSR count). The van der Waals surface area contributed by atoms with Gasteiger partial charge in [0.15, 0.2) is 0 Å². The molecule has 0 unspecified atom stereocenters.